The highest BCUT2D eigenvalue weighted by Crippen LogP contribution is 2.30. The number of halogens is 1. The summed E-state index contributed by atoms with van der Waals surface area (Å²) in [4.78, 5) is 9.41. The molecule has 0 aliphatic carbocycles. The molecule has 0 bridgehead atoms. The molecule has 1 unspecified atom stereocenters. The highest BCUT2D eigenvalue weighted by Gasteiger charge is 2.28. The summed E-state index contributed by atoms with van der Waals surface area (Å²) in [6, 6.07) is 6.49. The quantitative estimate of drug-likeness (QED) is 0.510. The number of aryl methyl sites for hydroxylation is 1. The van der Waals surface area contributed by atoms with Gasteiger partial charge in [0.15, 0.2) is 11.5 Å². The maximum atomic E-state index is 5.77. The van der Waals surface area contributed by atoms with Gasteiger partial charge in [-0.05, 0) is 31.2 Å². The molecule has 1 saturated heterocycles. The van der Waals surface area contributed by atoms with E-state index in [0.29, 0.717) is 18.5 Å². The number of ether oxygens (including phenoxy) is 2. The molecule has 27 heavy (non-hydrogen) atoms. The average Bonchev–Trinajstić information content (AvgIpc) is 3.10. The van der Waals surface area contributed by atoms with E-state index in [1.54, 1.807) is 7.11 Å². The third-order valence-electron chi connectivity index (χ3n) is 5.06. The first-order valence-electron chi connectivity index (χ1n) is 9.38. The van der Waals surface area contributed by atoms with E-state index in [-0.39, 0.29) is 0 Å². The number of methoxy groups -OCH3 is 1. The number of piperazine rings is 1. The van der Waals surface area contributed by atoms with Gasteiger partial charge < -0.3 is 14.0 Å². The number of hydrogen-bond donors (Lipinski definition) is 0. The molecule has 0 amide bonds. The Balaban J connectivity index is 1.66. The molecule has 7 heteroatoms. The Kier molecular flexibility index (Phi) is 6.99. The van der Waals surface area contributed by atoms with Crippen LogP contribution in [0.15, 0.2) is 30.6 Å². The van der Waals surface area contributed by atoms with E-state index < -0.39 is 0 Å². The molecule has 2 aromatic rings. The Hall–Kier alpha value is -1.76. The van der Waals surface area contributed by atoms with E-state index in [9.17, 15) is 0 Å². The van der Waals surface area contributed by atoms with E-state index in [1.807, 2.05) is 18.5 Å². The summed E-state index contributed by atoms with van der Waals surface area (Å²) < 4.78 is 13.4. The summed E-state index contributed by atoms with van der Waals surface area (Å²) in [6.45, 7) is 4.50. The minimum absolute atomic E-state index is 0.304. The van der Waals surface area contributed by atoms with Gasteiger partial charge in [-0.15, -0.1) is 11.6 Å². The van der Waals surface area contributed by atoms with Crippen LogP contribution >= 0.6 is 11.6 Å². The number of aromatic nitrogens is 2. The van der Waals surface area contributed by atoms with Crippen LogP contribution in [0.25, 0.3) is 0 Å². The van der Waals surface area contributed by atoms with Crippen molar-refractivity contribution in [3.05, 3.63) is 42.0 Å². The summed E-state index contributed by atoms with van der Waals surface area (Å²) in [5.74, 6) is 3.26. The van der Waals surface area contributed by atoms with E-state index in [0.717, 1.165) is 49.9 Å². The fourth-order valence-electron chi connectivity index (χ4n) is 3.48. The van der Waals surface area contributed by atoms with Crippen molar-refractivity contribution in [2.45, 2.75) is 19.0 Å². The molecule has 0 spiro atoms. The molecule has 1 atom stereocenters. The third kappa shape index (κ3) is 4.94. The van der Waals surface area contributed by atoms with Crippen LogP contribution in [-0.2, 0) is 13.6 Å². The van der Waals surface area contributed by atoms with Crippen LogP contribution < -0.4 is 9.47 Å². The van der Waals surface area contributed by atoms with Crippen molar-refractivity contribution < 1.29 is 9.47 Å². The van der Waals surface area contributed by atoms with Crippen LogP contribution in [0.4, 0.5) is 0 Å². The van der Waals surface area contributed by atoms with Gasteiger partial charge in [-0.3, -0.25) is 9.80 Å². The minimum atomic E-state index is 0.304. The van der Waals surface area contributed by atoms with E-state index in [1.165, 1.54) is 5.56 Å². The summed E-state index contributed by atoms with van der Waals surface area (Å²) in [6.07, 6.45) is 4.70. The number of nitrogens with zero attached hydrogens (tertiary/aromatic N) is 4. The van der Waals surface area contributed by atoms with Crippen molar-refractivity contribution in [1.82, 2.24) is 19.4 Å². The first kappa shape index (κ1) is 20.0. The van der Waals surface area contributed by atoms with Gasteiger partial charge >= 0.3 is 0 Å². The number of imidazole rings is 1. The first-order chi connectivity index (χ1) is 13.1. The molecule has 0 N–H and O–H groups in total. The van der Waals surface area contributed by atoms with Crippen LogP contribution in [-0.4, -0.2) is 65.6 Å². The monoisotopic (exact) mass is 392 g/mol. The Morgan fingerprint density at radius 3 is 2.78 bits per heavy atom. The van der Waals surface area contributed by atoms with Crippen molar-refractivity contribution in [3.63, 3.8) is 0 Å². The fraction of sp³-hybridized carbons (Fsp3) is 0.550. The molecule has 1 aromatic carbocycles. The number of rotatable bonds is 8. The molecule has 0 radical (unpaired) electrons. The lowest BCUT2D eigenvalue weighted by atomic mass is 10.1. The number of alkyl halides is 1. The molecule has 2 heterocycles. The standard InChI is InChI=1S/C20H29ClN4O2/c1-23-10-11-25(15-17(23)20-22-8-9-24(20)2)14-16-5-6-18(19(13-16)26-3)27-12-4-7-21/h5-6,8-9,13,17H,4,7,10-12,14-15H2,1-3H3. The van der Waals surface area contributed by atoms with Gasteiger partial charge in [-0.2, -0.15) is 0 Å². The number of likely N-dealkylation sites (N-methyl/N-ethyl adjacent to an activating group) is 1. The lowest BCUT2D eigenvalue weighted by molar-refractivity contribution is 0.0843. The zero-order chi connectivity index (χ0) is 19.2. The predicted molar refractivity (Wildman–Crippen MR) is 108 cm³/mol. The van der Waals surface area contributed by atoms with Gasteiger partial charge in [-0.25, -0.2) is 4.98 Å². The van der Waals surface area contributed by atoms with Crippen LogP contribution in [0.3, 0.4) is 0 Å². The van der Waals surface area contributed by atoms with Crippen LogP contribution in [0.1, 0.15) is 23.9 Å². The maximum Gasteiger partial charge on any atom is 0.161 e. The van der Waals surface area contributed by atoms with Gasteiger partial charge in [0.2, 0.25) is 0 Å². The van der Waals surface area contributed by atoms with Crippen LogP contribution in [0.5, 0.6) is 11.5 Å². The molecular weight excluding hydrogens is 364 g/mol. The Bertz CT molecular complexity index is 737. The smallest absolute Gasteiger partial charge is 0.161 e. The Morgan fingerprint density at radius 2 is 2.07 bits per heavy atom. The molecule has 1 aromatic heterocycles. The van der Waals surface area contributed by atoms with Gasteiger partial charge in [0, 0.05) is 51.5 Å². The summed E-state index contributed by atoms with van der Waals surface area (Å²) in [7, 11) is 5.91. The number of benzene rings is 1. The second kappa shape index (κ2) is 9.44. The minimum Gasteiger partial charge on any atom is -0.493 e. The normalized spacial score (nSPS) is 18.6. The predicted octanol–water partition coefficient (Wildman–Crippen LogP) is 2.93. The van der Waals surface area contributed by atoms with Crippen molar-refractivity contribution in [2.24, 2.45) is 7.05 Å². The summed E-state index contributed by atoms with van der Waals surface area (Å²) >= 11 is 5.72. The Labute approximate surface area is 166 Å². The third-order valence-corrected chi connectivity index (χ3v) is 5.33. The van der Waals surface area contributed by atoms with Crippen LogP contribution in [0.2, 0.25) is 0 Å². The summed E-state index contributed by atoms with van der Waals surface area (Å²) in [5, 5.41) is 0. The molecule has 3 rings (SSSR count). The van der Waals surface area contributed by atoms with E-state index in [4.69, 9.17) is 21.1 Å². The number of hydrogen-bond acceptors (Lipinski definition) is 5. The van der Waals surface area contributed by atoms with Crippen molar-refractivity contribution in [1.29, 1.82) is 0 Å². The zero-order valence-corrected chi connectivity index (χ0v) is 17.2. The highest BCUT2D eigenvalue weighted by atomic mass is 35.5. The van der Waals surface area contributed by atoms with Crippen molar-refractivity contribution in [2.75, 3.05) is 46.3 Å². The molecular formula is C20H29ClN4O2. The molecule has 6 nitrogen and oxygen atoms in total. The maximum absolute atomic E-state index is 5.77. The molecule has 1 aliphatic rings. The first-order valence-corrected chi connectivity index (χ1v) is 9.91. The second-order valence-corrected chi connectivity index (χ2v) is 7.38. The van der Waals surface area contributed by atoms with Gasteiger partial charge in [0.1, 0.15) is 5.82 Å². The highest BCUT2D eigenvalue weighted by molar-refractivity contribution is 6.17. The lowest BCUT2D eigenvalue weighted by Crippen LogP contribution is -2.46. The second-order valence-electron chi connectivity index (χ2n) is 7.00. The average molecular weight is 393 g/mol. The molecule has 0 saturated carbocycles. The van der Waals surface area contributed by atoms with E-state index in [2.05, 4.69) is 45.6 Å². The largest absolute Gasteiger partial charge is 0.493 e. The molecule has 1 aliphatic heterocycles. The fourth-order valence-corrected chi connectivity index (χ4v) is 3.58. The Morgan fingerprint density at radius 1 is 1.22 bits per heavy atom. The SMILES string of the molecule is COc1cc(CN2CCN(C)C(c3nccn3C)C2)ccc1OCCCCl. The lowest BCUT2D eigenvalue weighted by Gasteiger charge is -2.39. The van der Waals surface area contributed by atoms with Crippen molar-refractivity contribution in [3.8, 4) is 11.5 Å². The molecule has 1 fully saturated rings. The van der Waals surface area contributed by atoms with Crippen molar-refractivity contribution >= 4 is 11.6 Å². The summed E-state index contributed by atoms with van der Waals surface area (Å²) in [5.41, 5.74) is 1.22. The van der Waals surface area contributed by atoms with Gasteiger partial charge in [0.25, 0.3) is 0 Å². The topological polar surface area (TPSA) is 42.8 Å². The molecule has 148 valence electrons. The van der Waals surface area contributed by atoms with Gasteiger partial charge in [0.05, 0.1) is 19.8 Å². The van der Waals surface area contributed by atoms with Gasteiger partial charge in [-0.1, -0.05) is 6.07 Å². The zero-order valence-electron chi connectivity index (χ0n) is 16.4. The van der Waals surface area contributed by atoms with E-state index >= 15 is 0 Å². The van der Waals surface area contributed by atoms with Crippen LogP contribution in [0, 0.1) is 0 Å².